The summed E-state index contributed by atoms with van der Waals surface area (Å²) in [5.74, 6) is 1.96. The third-order valence-corrected chi connectivity index (χ3v) is 3.88. The number of hydrogen-bond donors (Lipinski definition) is 1. The van der Waals surface area contributed by atoms with Crippen molar-refractivity contribution in [3.8, 4) is 0 Å². The third-order valence-electron chi connectivity index (χ3n) is 3.88. The zero-order chi connectivity index (χ0) is 14.8. The Hall–Kier alpha value is -2.13. The van der Waals surface area contributed by atoms with Crippen LogP contribution in [-0.4, -0.2) is 4.98 Å². The topological polar surface area (TPSA) is 38.1 Å². The minimum absolute atomic E-state index is 0.259. The summed E-state index contributed by atoms with van der Waals surface area (Å²) in [7, 11) is 0. The number of aromatic nitrogens is 1. The van der Waals surface area contributed by atoms with E-state index in [1.54, 1.807) is 0 Å². The second kappa shape index (κ2) is 5.70. The number of nitrogens with one attached hydrogen (secondary N) is 1. The molecule has 2 aromatic heterocycles. The van der Waals surface area contributed by atoms with Crippen molar-refractivity contribution < 1.29 is 4.42 Å². The highest BCUT2D eigenvalue weighted by Crippen LogP contribution is 2.22. The first-order chi connectivity index (χ1) is 10.1. The van der Waals surface area contributed by atoms with Crippen LogP contribution in [0.15, 0.2) is 47.0 Å². The van der Waals surface area contributed by atoms with Crippen LogP contribution < -0.4 is 5.32 Å². The fourth-order valence-corrected chi connectivity index (χ4v) is 2.76. The number of hydrogen-bond acceptors (Lipinski definition) is 3. The van der Waals surface area contributed by atoms with Crippen molar-refractivity contribution in [3.05, 3.63) is 65.2 Å². The Morgan fingerprint density at radius 2 is 2.00 bits per heavy atom. The van der Waals surface area contributed by atoms with Crippen LogP contribution in [0.3, 0.4) is 0 Å². The summed E-state index contributed by atoms with van der Waals surface area (Å²) in [6, 6.07) is 12.7. The van der Waals surface area contributed by atoms with E-state index in [4.69, 9.17) is 4.42 Å². The summed E-state index contributed by atoms with van der Waals surface area (Å²) in [6.07, 6.45) is 1.87. The summed E-state index contributed by atoms with van der Waals surface area (Å²) in [5.41, 5.74) is 3.54. The van der Waals surface area contributed by atoms with Crippen molar-refractivity contribution in [2.45, 2.75) is 33.4 Å². The number of fused-ring (bicyclic) bond motifs is 1. The maximum absolute atomic E-state index is 5.61. The monoisotopic (exact) mass is 280 g/mol. The molecule has 0 radical (unpaired) electrons. The predicted octanol–water partition coefficient (Wildman–Crippen LogP) is 4.30. The molecule has 2 heterocycles. The van der Waals surface area contributed by atoms with Gasteiger partial charge in [-0.1, -0.05) is 18.2 Å². The summed E-state index contributed by atoms with van der Waals surface area (Å²) in [6.45, 7) is 6.98. The first-order valence-electron chi connectivity index (χ1n) is 7.28. The lowest BCUT2D eigenvalue weighted by Gasteiger charge is -2.14. The molecule has 1 N–H and O–H groups in total. The molecule has 3 rings (SSSR count). The van der Waals surface area contributed by atoms with Crippen molar-refractivity contribution in [1.82, 2.24) is 10.3 Å². The number of pyridine rings is 1. The van der Waals surface area contributed by atoms with Crippen molar-refractivity contribution in [2.24, 2.45) is 0 Å². The van der Waals surface area contributed by atoms with E-state index in [9.17, 15) is 0 Å². The van der Waals surface area contributed by atoms with Crippen molar-refractivity contribution in [2.75, 3.05) is 0 Å². The average molecular weight is 280 g/mol. The molecule has 0 fully saturated rings. The van der Waals surface area contributed by atoms with Gasteiger partial charge in [0.2, 0.25) is 0 Å². The number of nitrogens with zero attached hydrogens (tertiary/aromatic N) is 1. The molecule has 1 unspecified atom stereocenters. The molecule has 21 heavy (non-hydrogen) atoms. The molecule has 0 aliphatic rings. The molecule has 0 saturated carbocycles. The van der Waals surface area contributed by atoms with E-state index >= 15 is 0 Å². The van der Waals surface area contributed by atoms with Crippen LogP contribution in [0.4, 0.5) is 0 Å². The Morgan fingerprint density at radius 1 is 1.19 bits per heavy atom. The first kappa shape index (κ1) is 13.8. The van der Waals surface area contributed by atoms with Gasteiger partial charge in [-0.05, 0) is 44.5 Å². The van der Waals surface area contributed by atoms with Crippen LogP contribution >= 0.6 is 0 Å². The molecule has 0 aliphatic carbocycles. The molecule has 1 atom stereocenters. The van der Waals surface area contributed by atoms with E-state index in [0.717, 1.165) is 23.6 Å². The van der Waals surface area contributed by atoms with Gasteiger partial charge in [0, 0.05) is 29.7 Å². The van der Waals surface area contributed by atoms with Crippen LogP contribution in [0.5, 0.6) is 0 Å². The Labute approximate surface area is 125 Å². The van der Waals surface area contributed by atoms with E-state index in [1.807, 2.05) is 32.2 Å². The maximum atomic E-state index is 5.61. The molecule has 108 valence electrons. The lowest BCUT2D eigenvalue weighted by Crippen LogP contribution is -2.18. The normalized spacial score (nSPS) is 12.7. The smallest absolute Gasteiger partial charge is 0.105 e. The summed E-state index contributed by atoms with van der Waals surface area (Å²) in [4.78, 5) is 4.40. The second-order valence-electron chi connectivity index (χ2n) is 5.46. The van der Waals surface area contributed by atoms with Gasteiger partial charge in [-0.2, -0.15) is 0 Å². The standard InChI is InChI=1S/C18H20N2O/c1-12-10-17(14(3)21-12)13(2)20-11-15-8-9-19-18-7-5-4-6-16(15)18/h4-10,13,20H,11H2,1-3H3. The van der Waals surface area contributed by atoms with E-state index in [-0.39, 0.29) is 6.04 Å². The lowest BCUT2D eigenvalue weighted by molar-refractivity contribution is 0.490. The van der Waals surface area contributed by atoms with Gasteiger partial charge in [0.25, 0.3) is 0 Å². The molecule has 3 nitrogen and oxygen atoms in total. The largest absolute Gasteiger partial charge is 0.466 e. The van der Waals surface area contributed by atoms with Crippen molar-refractivity contribution in [3.63, 3.8) is 0 Å². The molecule has 0 bridgehead atoms. The average Bonchev–Trinajstić information content (AvgIpc) is 2.83. The van der Waals surface area contributed by atoms with Gasteiger partial charge in [-0.25, -0.2) is 0 Å². The molecule has 0 saturated heterocycles. The Balaban J connectivity index is 1.79. The quantitative estimate of drug-likeness (QED) is 0.774. The van der Waals surface area contributed by atoms with Crippen LogP contribution in [0, 0.1) is 13.8 Å². The van der Waals surface area contributed by atoms with Gasteiger partial charge >= 0.3 is 0 Å². The van der Waals surface area contributed by atoms with Gasteiger partial charge in [0.05, 0.1) is 5.52 Å². The molecule has 1 aromatic carbocycles. The fourth-order valence-electron chi connectivity index (χ4n) is 2.76. The van der Waals surface area contributed by atoms with E-state index < -0.39 is 0 Å². The third kappa shape index (κ3) is 2.83. The highest BCUT2D eigenvalue weighted by atomic mass is 16.3. The molecule has 3 heteroatoms. The molecule has 3 aromatic rings. The van der Waals surface area contributed by atoms with Crippen LogP contribution in [0.1, 0.15) is 35.6 Å². The van der Waals surface area contributed by atoms with Crippen molar-refractivity contribution in [1.29, 1.82) is 0 Å². The van der Waals surface area contributed by atoms with Gasteiger partial charge in [0.15, 0.2) is 0 Å². The van der Waals surface area contributed by atoms with Gasteiger partial charge in [-0.15, -0.1) is 0 Å². The van der Waals surface area contributed by atoms with Gasteiger partial charge < -0.3 is 9.73 Å². The highest BCUT2D eigenvalue weighted by Gasteiger charge is 2.12. The Bertz CT molecular complexity index is 756. The highest BCUT2D eigenvalue weighted by molar-refractivity contribution is 5.81. The summed E-state index contributed by atoms with van der Waals surface area (Å²) in [5, 5.41) is 4.78. The van der Waals surface area contributed by atoms with Crippen molar-refractivity contribution >= 4 is 10.9 Å². The Morgan fingerprint density at radius 3 is 2.76 bits per heavy atom. The number of para-hydroxylation sites is 1. The van der Waals surface area contributed by atoms with E-state index in [1.165, 1.54) is 16.5 Å². The maximum Gasteiger partial charge on any atom is 0.105 e. The first-order valence-corrected chi connectivity index (χ1v) is 7.28. The lowest BCUT2D eigenvalue weighted by atomic mass is 10.1. The molecular weight excluding hydrogens is 260 g/mol. The zero-order valence-corrected chi connectivity index (χ0v) is 12.7. The fraction of sp³-hybridized carbons (Fsp3) is 0.278. The van der Waals surface area contributed by atoms with Crippen LogP contribution in [-0.2, 0) is 6.54 Å². The number of aryl methyl sites for hydroxylation is 2. The van der Waals surface area contributed by atoms with E-state index in [0.29, 0.717) is 0 Å². The Kier molecular flexibility index (Phi) is 3.76. The summed E-state index contributed by atoms with van der Waals surface area (Å²) < 4.78 is 5.61. The zero-order valence-electron chi connectivity index (χ0n) is 12.7. The molecule has 0 aliphatic heterocycles. The van der Waals surface area contributed by atoms with Gasteiger partial charge in [0.1, 0.15) is 11.5 Å². The van der Waals surface area contributed by atoms with Gasteiger partial charge in [-0.3, -0.25) is 4.98 Å². The predicted molar refractivity (Wildman–Crippen MR) is 85.2 cm³/mol. The minimum Gasteiger partial charge on any atom is -0.466 e. The second-order valence-corrected chi connectivity index (χ2v) is 5.46. The molecular formula is C18H20N2O. The number of benzene rings is 1. The van der Waals surface area contributed by atoms with Crippen LogP contribution in [0.2, 0.25) is 0 Å². The number of furan rings is 1. The van der Waals surface area contributed by atoms with E-state index in [2.05, 4.69) is 41.5 Å². The molecule has 0 spiro atoms. The summed E-state index contributed by atoms with van der Waals surface area (Å²) >= 11 is 0. The van der Waals surface area contributed by atoms with Crippen LogP contribution in [0.25, 0.3) is 10.9 Å². The number of rotatable bonds is 4. The minimum atomic E-state index is 0.259. The molecule has 0 amide bonds. The SMILES string of the molecule is Cc1cc(C(C)NCc2ccnc3ccccc23)c(C)o1.